The van der Waals surface area contributed by atoms with Crippen molar-refractivity contribution >= 4 is 33.2 Å². The van der Waals surface area contributed by atoms with Crippen molar-refractivity contribution in [2.24, 2.45) is 0 Å². The first-order valence-corrected chi connectivity index (χ1v) is 8.62. The zero-order chi connectivity index (χ0) is 15.8. The molecule has 1 atom stereocenters. The fourth-order valence-corrected chi connectivity index (χ4v) is 5.53. The van der Waals surface area contributed by atoms with Crippen molar-refractivity contribution < 1.29 is 23.1 Å². The summed E-state index contributed by atoms with van der Waals surface area (Å²) < 4.78 is 26.4. The Kier molecular flexibility index (Phi) is 4.35. The first-order chi connectivity index (χ1) is 9.78. The number of aryl methyl sites for hydroxylation is 1. The Morgan fingerprint density at radius 1 is 1.48 bits per heavy atom. The molecule has 1 aliphatic heterocycles. The Labute approximate surface area is 126 Å². The molecular weight excluding hydrogens is 316 g/mol. The van der Waals surface area contributed by atoms with E-state index in [0.29, 0.717) is 18.4 Å². The molecule has 0 saturated carbocycles. The minimum Gasteiger partial charge on any atom is -0.477 e. The quantitative estimate of drug-likeness (QED) is 0.843. The van der Waals surface area contributed by atoms with Crippen molar-refractivity contribution in [1.29, 1.82) is 0 Å². The molecule has 1 saturated heterocycles. The van der Waals surface area contributed by atoms with Crippen LogP contribution in [-0.4, -0.2) is 49.3 Å². The first kappa shape index (κ1) is 15.9. The van der Waals surface area contributed by atoms with E-state index < -0.39 is 22.0 Å². The Bertz CT molecular complexity index is 680. The molecule has 2 rings (SSSR count). The van der Waals surface area contributed by atoms with Gasteiger partial charge < -0.3 is 10.4 Å². The topological polar surface area (TPSA) is 104 Å². The SMILES string of the molecule is CNC(=O)C1CCCN1S(=O)(=O)c1cc(C)c(C(=O)O)s1. The van der Waals surface area contributed by atoms with E-state index in [-0.39, 0.29) is 21.5 Å². The van der Waals surface area contributed by atoms with E-state index >= 15 is 0 Å². The highest BCUT2D eigenvalue weighted by molar-refractivity contribution is 7.91. The lowest BCUT2D eigenvalue weighted by molar-refractivity contribution is -0.123. The minimum absolute atomic E-state index is 0.00395. The van der Waals surface area contributed by atoms with Gasteiger partial charge in [0.2, 0.25) is 5.91 Å². The number of carbonyl (C=O) groups is 2. The van der Waals surface area contributed by atoms with Gasteiger partial charge in [-0.3, -0.25) is 4.79 Å². The van der Waals surface area contributed by atoms with Crippen LogP contribution < -0.4 is 5.32 Å². The minimum atomic E-state index is -3.85. The van der Waals surface area contributed by atoms with Gasteiger partial charge in [0, 0.05) is 13.6 Å². The van der Waals surface area contributed by atoms with Gasteiger partial charge in [-0.1, -0.05) is 0 Å². The zero-order valence-electron chi connectivity index (χ0n) is 11.6. The van der Waals surface area contributed by atoms with E-state index in [4.69, 9.17) is 5.11 Å². The largest absolute Gasteiger partial charge is 0.477 e. The number of sulfonamides is 1. The zero-order valence-corrected chi connectivity index (χ0v) is 13.3. The van der Waals surface area contributed by atoms with Gasteiger partial charge in [-0.15, -0.1) is 11.3 Å². The molecule has 0 aliphatic carbocycles. The number of nitrogens with one attached hydrogen (secondary N) is 1. The van der Waals surface area contributed by atoms with Crippen LogP contribution in [0.1, 0.15) is 28.1 Å². The fraction of sp³-hybridized carbons (Fsp3) is 0.500. The maximum atomic E-state index is 12.6. The number of carbonyl (C=O) groups excluding carboxylic acids is 1. The summed E-state index contributed by atoms with van der Waals surface area (Å²) in [4.78, 5) is 22.8. The molecule has 2 heterocycles. The first-order valence-electron chi connectivity index (χ1n) is 6.36. The second-order valence-corrected chi connectivity index (χ2v) is 7.94. The maximum Gasteiger partial charge on any atom is 0.346 e. The highest BCUT2D eigenvalue weighted by atomic mass is 32.2. The fourth-order valence-electron chi connectivity index (χ4n) is 2.36. The predicted molar refractivity (Wildman–Crippen MR) is 77.0 cm³/mol. The van der Waals surface area contributed by atoms with E-state index in [0.717, 1.165) is 15.6 Å². The van der Waals surface area contributed by atoms with Crippen LogP contribution in [0.2, 0.25) is 0 Å². The third-order valence-corrected chi connectivity index (χ3v) is 6.99. The van der Waals surface area contributed by atoms with Crippen molar-refractivity contribution in [2.75, 3.05) is 13.6 Å². The van der Waals surface area contributed by atoms with Crippen LogP contribution >= 0.6 is 11.3 Å². The average Bonchev–Trinajstić information content (AvgIpc) is 3.04. The number of nitrogens with zero attached hydrogens (tertiary/aromatic N) is 1. The summed E-state index contributed by atoms with van der Waals surface area (Å²) in [6.45, 7) is 1.82. The molecule has 1 amide bonds. The number of carboxylic acid groups (broad SMARTS) is 1. The Hall–Kier alpha value is -1.45. The summed E-state index contributed by atoms with van der Waals surface area (Å²) in [5.74, 6) is -1.49. The lowest BCUT2D eigenvalue weighted by Gasteiger charge is -2.21. The lowest BCUT2D eigenvalue weighted by atomic mass is 10.2. The lowest BCUT2D eigenvalue weighted by Crippen LogP contribution is -2.44. The molecule has 7 nitrogen and oxygen atoms in total. The Balaban J connectivity index is 2.40. The molecule has 1 aliphatic rings. The second-order valence-electron chi connectivity index (χ2n) is 4.77. The predicted octanol–water partition coefficient (Wildman–Crippen LogP) is 0.654. The van der Waals surface area contributed by atoms with Crippen LogP contribution in [0.3, 0.4) is 0 Å². The number of hydrogen-bond donors (Lipinski definition) is 2. The van der Waals surface area contributed by atoms with E-state index in [1.54, 1.807) is 6.92 Å². The van der Waals surface area contributed by atoms with Crippen LogP contribution in [0.4, 0.5) is 0 Å². The molecule has 0 radical (unpaired) electrons. The van der Waals surface area contributed by atoms with Crippen LogP contribution in [0.5, 0.6) is 0 Å². The smallest absolute Gasteiger partial charge is 0.346 e. The van der Waals surface area contributed by atoms with Crippen LogP contribution in [-0.2, 0) is 14.8 Å². The normalized spacial score (nSPS) is 19.6. The number of likely N-dealkylation sites (N-methyl/N-ethyl adjacent to an activating group) is 1. The van der Waals surface area contributed by atoms with Gasteiger partial charge in [0.1, 0.15) is 15.1 Å². The van der Waals surface area contributed by atoms with Gasteiger partial charge in [0.05, 0.1) is 0 Å². The van der Waals surface area contributed by atoms with E-state index in [1.165, 1.54) is 13.1 Å². The molecule has 0 bridgehead atoms. The molecule has 2 N–H and O–H groups in total. The highest BCUT2D eigenvalue weighted by Gasteiger charge is 2.40. The van der Waals surface area contributed by atoms with Gasteiger partial charge in [0.25, 0.3) is 10.0 Å². The molecule has 1 aromatic heterocycles. The molecule has 21 heavy (non-hydrogen) atoms. The molecule has 0 spiro atoms. The molecule has 9 heteroatoms. The van der Waals surface area contributed by atoms with Crippen molar-refractivity contribution in [2.45, 2.75) is 30.0 Å². The number of amides is 1. The number of hydrogen-bond acceptors (Lipinski definition) is 5. The molecule has 1 aromatic rings. The summed E-state index contributed by atoms with van der Waals surface area (Å²) in [7, 11) is -2.39. The monoisotopic (exact) mass is 332 g/mol. The van der Waals surface area contributed by atoms with Crippen molar-refractivity contribution in [3.63, 3.8) is 0 Å². The Morgan fingerprint density at radius 3 is 2.67 bits per heavy atom. The van der Waals surface area contributed by atoms with Crippen molar-refractivity contribution in [3.05, 3.63) is 16.5 Å². The van der Waals surface area contributed by atoms with Crippen LogP contribution in [0.15, 0.2) is 10.3 Å². The highest BCUT2D eigenvalue weighted by Crippen LogP contribution is 2.32. The van der Waals surface area contributed by atoms with E-state index in [1.807, 2.05) is 0 Å². The van der Waals surface area contributed by atoms with Crippen molar-refractivity contribution in [1.82, 2.24) is 9.62 Å². The summed E-state index contributed by atoms with van der Waals surface area (Å²) in [6, 6.07) is 0.624. The summed E-state index contributed by atoms with van der Waals surface area (Å²) in [5, 5.41) is 11.5. The van der Waals surface area contributed by atoms with Gasteiger partial charge in [-0.05, 0) is 31.4 Å². The van der Waals surface area contributed by atoms with Crippen LogP contribution in [0, 0.1) is 6.92 Å². The standard InChI is InChI=1S/C12H16N2O5S2/c1-7-6-9(20-10(7)12(16)17)21(18,19)14-5-3-4-8(14)11(15)13-2/h6,8H,3-5H2,1-2H3,(H,13,15)(H,16,17). The summed E-state index contributed by atoms with van der Waals surface area (Å²) in [5.41, 5.74) is 0.404. The molecular formula is C12H16N2O5S2. The third-order valence-electron chi connectivity index (χ3n) is 3.41. The number of carboxylic acids is 1. The number of aromatic carboxylic acids is 1. The van der Waals surface area contributed by atoms with Gasteiger partial charge in [-0.25, -0.2) is 13.2 Å². The Morgan fingerprint density at radius 2 is 2.14 bits per heavy atom. The van der Waals surface area contributed by atoms with Crippen LogP contribution in [0.25, 0.3) is 0 Å². The molecule has 0 aromatic carbocycles. The second kappa shape index (κ2) is 5.74. The van der Waals surface area contributed by atoms with Gasteiger partial charge in [-0.2, -0.15) is 4.31 Å². The van der Waals surface area contributed by atoms with Gasteiger partial charge >= 0.3 is 5.97 Å². The molecule has 1 unspecified atom stereocenters. The third kappa shape index (κ3) is 2.81. The average molecular weight is 332 g/mol. The summed E-state index contributed by atoms with van der Waals surface area (Å²) in [6.07, 6.45) is 1.07. The van der Waals surface area contributed by atoms with Crippen molar-refractivity contribution in [3.8, 4) is 0 Å². The summed E-state index contributed by atoms with van der Waals surface area (Å²) >= 11 is 0.722. The molecule has 116 valence electrons. The molecule has 1 fully saturated rings. The number of rotatable bonds is 4. The number of thiophene rings is 1. The maximum absolute atomic E-state index is 12.6. The van der Waals surface area contributed by atoms with Gasteiger partial charge in [0.15, 0.2) is 0 Å². The van der Waals surface area contributed by atoms with E-state index in [9.17, 15) is 18.0 Å². The van der Waals surface area contributed by atoms with E-state index in [2.05, 4.69) is 5.32 Å².